The first-order valence-corrected chi connectivity index (χ1v) is 6.55. The number of benzene rings is 2. The monoisotopic (exact) mass is 298 g/mol. The molecule has 6 nitrogen and oxygen atoms in total. The first-order chi connectivity index (χ1) is 10.5. The number of nitrogens with zero attached hydrogens (tertiary/aromatic N) is 2. The second-order valence-corrected chi connectivity index (χ2v) is 4.73. The molecule has 0 spiro atoms. The molecule has 0 aromatic heterocycles. The van der Waals surface area contributed by atoms with Gasteiger partial charge >= 0.3 is 5.97 Å². The highest BCUT2D eigenvalue weighted by atomic mass is 16.7. The molecule has 22 heavy (non-hydrogen) atoms. The molecule has 0 aliphatic rings. The van der Waals surface area contributed by atoms with Gasteiger partial charge in [-0.15, -0.1) is 0 Å². The van der Waals surface area contributed by atoms with E-state index >= 15 is 0 Å². The van der Waals surface area contributed by atoms with E-state index in [0.717, 1.165) is 17.2 Å². The maximum atomic E-state index is 11.9. The quantitative estimate of drug-likeness (QED) is 0.374. The average Bonchev–Trinajstić information content (AvgIpc) is 2.53. The van der Waals surface area contributed by atoms with Gasteiger partial charge in [-0.3, -0.25) is 10.1 Å². The second kappa shape index (κ2) is 6.62. The number of nitro benzene ring substituents is 1. The Bertz CT molecular complexity index is 736. The number of aryl methyl sites for hydroxylation is 1. The predicted octanol–water partition coefficient (Wildman–Crippen LogP) is 3.48. The molecule has 0 bridgehead atoms. The van der Waals surface area contributed by atoms with Crippen LogP contribution in [0.4, 0.5) is 5.69 Å². The molecular weight excluding hydrogens is 284 g/mol. The highest BCUT2D eigenvalue weighted by Crippen LogP contribution is 2.14. The van der Waals surface area contributed by atoms with Gasteiger partial charge in [0.05, 0.1) is 16.2 Å². The Hall–Kier alpha value is -3.02. The number of oxime groups is 1. The van der Waals surface area contributed by atoms with Crippen LogP contribution in [0.5, 0.6) is 0 Å². The van der Waals surface area contributed by atoms with Crippen molar-refractivity contribution in [2.75, 3.05) is 0 Å². The van der Waals surface area contributed by atoms with Gasteiger partial charge in [-0.25, -0.2) is 4.79 Å². The summed E-state index contributed by atoms with van der Waals surface area (Å²) in [6, 6.07) is 12.9. The summed E-state index contributed by atoms with van der Waals surface area (Å²) < 4.78 is 0. The molecule has 0 unspecified atom stereocenters. The van der Waals surface area contributed by atoms with Crippen molar-refractivity contribution >= 4 is 17.4 Å². The van der Waals surface area contributed by atoms with Crippen molar-refractivity contribution in [3.63, 3.8) is 0 Å². The van der Waals surface area contributed by atoms with Gasteiger partial charge in [0.25, 0.3) is 5.69 Å². The number of non-ortho nitro benzene ring substituents is 1. The summed E-state index contributed by atoms with van der Waals surface area (Å²) in [6.45, 7) is 3.68. The molecule has 2 aromatic rings. The fourth-order valence-corrected chi connectivity index (χ4v) is 1.76. The van der Waals surface area contributed by atoms with Crippen LogP contribution in [0, 0.1) is 17.0 Å². The van der Waals surface area contributed by atoms with Crippen LogP contribution in [-0.4, -0.2) is 16.6 Å². The van der Waals surface area contributed by atoms with E-state index in [1.165, 1.54) is 18.2 Å². The number of hydrogen-bond donors (Lipinski definition) is 0. The van der Waals surface area contributed by atoms with Gasteiger partial charge in [0.2, 0.25) is 0 Å². The van der Waals surface area contributed by atoms with Crippen LogP contribution < -0.4 is 0 Å². The fourth-order valence-electron chi connectivity index (χ4n) is 1.76. The lowest BCUT2D eigenvalue weighted by molar-refractivity contribution is -0.384. The molecule has 6 heteroatoms. The molecule has 0 N–H and O–H groups in total. The Labute approximate surface area is 127 Å². The summed E-state index contributed by atoms with van der Waals surface area (Å²) in [5, 5.41) is 14.5. The second-order valence-electron chi connectivity index (χ2n) is 4.73. The Morgan fingerprint density at radius 3 is 2.45 bits per heavy atom. The Balaban J connectivity index is 2.11. The summed E-state index contributed by atoms with van der Waals surface area (Å²) >= 11 is 0. The number of carbonyl (C=O) groups excluding carboxylic acids is 1. The van der Waals surface area contributed by atoms with E-state index < -0.39 is 10.9 Å². The van der Waals surface area contributed by atoms with Gasteiger partial charge in [0.1, 0.15) is 0 Å². The largest absolute Gasteiger partial charge is 0.365 e. The van der Waals surface area contributed by atoms with Crippen LogP contribution in [0.15, 0.2) is 53.7 Å². The molecule has 0 saturated heterocycles. The van der Waals surface area contributed by atoms with Crippen LogP contribution >= 0.6 is 0 Å². The number of rotatable bonds is 4. The van der Waals surface area contributed by atoms with Gasteiger partial charge < -0.3 is 4.84 Å². The molecule has 2 rings (SSSR count). The summed E-state index contributed by atoms with van der Waals surface area (Å²) in [5.41, 5.74) is 2.39. The van der Waals surface area contributed by atoms with E-state index in [9.17, 15) is 14.9 Å². The van der Waals surface area contributed by atoms with Gasteiger partial charge in [0.15, 0.2) is 0 Å². The third-order valence-electron chi connectivity index (χ3n) is 3.03. The van der Waals surface area contributed by atoms with Gasteiger partial charge in [-0.1, -0.05) is 41.1 Å². The van der Waals surface area contributed by atoms with Crippen molar-refractivity contribution in [1.29, 1.82) is 0 Å². The lowest BCUT2D eigenvalue weighted by Crippen LogP contribution is -2.04. The topological polar surface area (TPSA) is 81.8 Å². The van der Waals surface area contributed by atoms with Crippen LogP contribution in [0.2, 0.25) is 0 Å². The molecule has 0 amide bonds. The first-order valence-electron chi connectivity index (χ1n) is 6.55. The van der Waals surface area contributed by atoms with Crippen LogP contribution in [0.25, 0.3) is 0 Å². The van der Waals surface area contributed by atoms with E-state index in [0.29, 0.717) is 5.71 Å². The van der Waals surface area contributed by atoms with Crippen molar-refractivity contribution in [2.45, 2.75) is 13.8 Å². The van der Waals surface area contributed by atoms with E-state index in [1.807, 2.05) is 31.2 Å². The lowest BCUT2D eigenvalue weighted by atomic mass is 10.1. The van der Waals surface area contributed by atoms with E-state index in [1.54, 1.807) is 6.92 Å². The minimum atomic E-state index is -0.741. The third kappa shape index (κ3) is 3.76. The fraction of sp³-hybridized carbons (Fsp3) is 0.125. The highest BCUT2D eigenvalue weighted by Gasteiger charge is 2.13. The average molecular weight is 298 g/mol. The maximum absolute atomic E-state index is 11.9. The molecule has 2 aromatic carbocycles. The van der Waals surface area contributed by atoms with Crippen LogP contribution in [-0.2, 0) is 4.84 Å². The molecule has 0 aliphatic heterocycles. The predicted molar refractivity (Wildman–Crippen MR) is 81.9 cm³/mol. The van der Waals surface area contributed by atoms with Gasteiger partial charge in [-0.2, -0.15) is 0 Å². The van der Waals surface area contributed by atoms with E-state index in [2.05, 4.69) is 5.16 Å². The smallest absolute Gasteiger partial charge is 0.313 e. The highest BCUT2D eigenvalue weighted by molar-refractivity contribution is 5.99. The summed E-state index contributed by atoms with van der Waals surface area (Å²) in [5.74, 6) is -0.741. The number of hydrogen-bond acceptors (Lipinski definition) is 5. The van der Waals surface area contributed by atoms with Crippen molar-refractivity contribution in [3.8, 4) is 0 Å². The van der Waals surface area contributed by atoms with Gasteiger partial charge in [-0.05, 0) is 25.5 Å². The Morgan fingerprint density at radius 1 is 1.14 bits per heavy atom. The van der Waals surface area contributed by atoms with Crippen LogP contribution in [0.1, 0.15) is 28.4 Å². The summed E-state index contributed by atoms with van der Waals surface area (Å²) in [7, 11) is 0. The van der Waals surface area contributed by atoms with E-state index in [-0.39, 0.29) is 11.3 Å². The van der Waals surface area contributed by atoms with E-state index in [4.69, 9.17) is 4.84 Å². The Morgan fingerprint density at radius 2 is 1.82 bits per heavy atom. The summed E-state index contributed by atoms with van der Waals surface area (Å²) in [6.07, 6.45) is 0. The molecule has 0 heterocycles. The zero-order valence-corrected chi connectivity index (χ0v) is 12.1. The molecular formula is C16H14N2O4. The van der Waals surface area contributed by atoms with Crippen molar-refractivity contribution < 1.29 is 14.6 Å². The Kier molecular flexibility index (Phi) is 4.63. The minimum absolute atomic E-state index is 0.0784. The van der Waals surface area contributed by atoms with Gasteiger partial charge in [0, 0.05) is 12.1 Å². The molecule has 0 atom stereocenters. The molecule has 0 fully saturated rings. The zero-order chi connectivity index (χ0) is 16.1. The zero-order valence-electron chi connectivity index (χ0n) is 12.1. The van der Waals surface area contributed by atoms with Crippen molar-refractivity contribution in [2.24, 2.45) is 5.16 Å². The molecule has 0 radical (unpaired) electrons. The third-order valence-corrected chi connectivity index (χ3v) is 3.03. The SMILES string of the molecule is C/C(=N\OC(=O)c1cccc([N+](=O)[O-])c1)c1ccc(C)cc1. The first kappa shape index (κ1) is 15.4. The molecule has 0 saturated carbocycles. The standard InChI is InChI=1S/C16H14N2O4/c1-11-6-8-13(9-7-11)12(2)17-22-16(19)14-4-3-5-15(10-14)18(20)21/h3-10H,1-2H3/b17-12+. The van der Waals surface area contributed by atoms with Crippen molar-refractivity contribution in [1.82, 2.24) is 0 Å². The number of nitro groups is 1. The normalized spacial score (nSPS) is 11.1. The van der Waals surface area contributed by atoms with Crippen LogP contribution in [0.3, 0.4) is 0 Å². The minimum Gasteiger partial charge on any atom is -0.313 e. The maximum Gasteiger partial charge on any atom is 0.365 e. The lowest BCUT2D eigenvalue weighted by Gasteiger charge is -2.02. The molecule has 0 aliphatic carbocycles. The van der Waals surface area contributed by atoms with Crippen molar-refractivity contribution in [3.05, 3.63) is 75.3 Å². The number of carbonyl (C=O) groups is 1. The summed E-state index contributed by atoms with van der Waals surface area (Å²) in [4.78, 5) is 26.8. The molecule has 112 valence electrons.